The Bertz CT molecular complexity index is 274. The molecular formula is C8H10Cl2N2. The van der Waals surface area contributed by atoms with Crippen molar-refractivity contribution in [2.24, 2.45) is 5.73 Å². The first-order valence-electron chi connectivity index (χ1n) is 3.65. The predicted octanol–water partition coefficient (Wildman–Crippen LogP) is 2.28. The molecule has 4 heteroatoms. The molecule has 0 aliphatic heterocycles. The zero-order valence-electron chi connectivity index (χ0n) is 6.72. The van der Waals surface area contributed by atoms with Crippen LogP contribution in [0.5, 0.6) is 0 Å². The molecule has 0 fully saturated rings. The molecule has 2 N–H and O–H groups in total. The van der Waals surface area contributed by atoms with E-state index in [1.54, 1.807) is 12.3 Å². The molecule has 1 aromatic heterocycles. The van der Waals surface area contributed by atoms with Gasteiger partial charge in [-0.15, -0.1) is 0 Å². The molecule has 1 atom stereocenters. The van der Waals surface area contributed by atoms with Gasteiger partial charge in [-0.1, -0.05) is 23.2 Å². The number of nitrogens with zero attached hydrogens (tertiary/aromatic N) is 1. The summed E-state index contributed by atoms with van der Waals surface area (Å²) >= 11 is 11.5. The fourth-order valence-corrected chi connectivity index (χ4v) is 1.38. The van der Waals surface area contributed by atoms with Crippen LogP contribution in [0.3, 0.4) is 0 Å². The highest BCUT2D eigenvalue weighted by atomic mass is 35.5. The second-order valence-electron chi connectivity index (χ2n) is 2.78. The van der Waals surface area contributed by atoms with Crippen LogP contribution < -0.4 is 5.73 Å². The van der Waals surface area contributed by atoms with Gasteiger partial charge in [0.1, 0.15) is 5.15 Å². The number of halogens is 2. The number of hydrogen-bond donors (Lipinski definition) is 1. The molecule has 1 rings (SSSR count). The molecule has 0 spiro atoms. The minimum atomic E-state index is 0.0884. The summed E-state index contributed by atoms with van der Waals surface area (Å²) in [5.74, 6) is 0. The highest BCUT2D eigenvalue weighted by molar-refractivity contribution is 6.34. The molecule has 0 radical (unpaired) electrons. The van der Waals surface area contributed by atoms with Gasteiger partial charge in [0.05, 0.1) is 0 Å². The molecule has 2 nitrogen and oxygen atoms in total. The third kappa shape index (κ3) is 2.63. The van der Waals surface area contributed by atoms with Gasteiger partial charge in [-0.05, 0) is 25.0 Å². The molecule has 66 valence electrons. The van der Waals surface area contributed by atoms with Crippen LogP contribution in [0.4, 0.5) is 0 Å². The second kappa shape index (κ2) is 4.08. The third-order valence-electron chi connectivity index (χ3n) is 1.44. The number of nitrogens with two attached hydrogens (primary N) is 1. The lowest BCUT2D eigenvalue weighted by Gasteiger charge is -2.06. The first kappa shape index (κ1) is 9.78. The maximum atomic E-state index is 5.89. The number of rotatable bonds is 2. The second-order valence-corrected chi connectivity index (χ2v) is 3.57. The molecule has 0 saturated carbocycles. The molecule has 0 aliphatic rings. The van der Waals surface area contributed by atoms with Crippen molar-refractivity contribution in [1.29, 1.82) is 0 Å². The molecule has 0 bridgehead atoms. The van der Waals surface area contributed by atoms with E-state index in [0.717, 1.165) is 12.0 Å². The molecule has 1 heterocycles. The van der Waals surface area contributed by atoms with Gasteiger partial charge >= 0.3 is 0 Å². The maximum Gasteiger partial charge on any atom is 0.130 e. The van der Waals surface area contributed by atoms with Gasteiger partial charge in [0.15, 0.2) is 0 Å². The summed E-state index contributed by atoms with van der Waals surface area (Å²) in [5, 5.41) is 1.04. The predicted molar refractivity (Wildman–Crippen MR) is 51.6 cm³/mol. The molecule has 0 amide bonds. The zero-order chi connectivity index (χ0) is 9.14. The molecular weight excluding hydrogens is 195 g/mol. The summed E-state index contributed by atoms with van der Waals surface area (Å²) in [4.78, 5) is 3.92. The Morgan fingerprint density at radius 2 is 2.25 bits per heavy atom. The van der Waals surface area contributed by atoms with E-state index in [9.17, 15) is 0 Å². The van der Waals surface area contributed by atoms with Gasteiger partial charge in [-0.3, -0.25) is 0 Å². The lowest BCUT2D eigenvalue weighted by molar-refractivity contribution is 0.736. The van der Waals surface area contributed by atoms with Crippen LogP contribution in [0.2, 0.25) is 10.2 Å². The van der Waals surface area contributed by atoms with Gasteiger partial charge in [-0.25, -0.2) is 4.98 Å². The van der Waals surface area contributed by atoms with Crippen LogP contribution >= 0.6 is 23.2 Å². The summed E-state index contributed by atoms with van der Waals surface area (Å²) in [7, 11) is 0. The Morgan fingerprint density at radius 3 is 2.75 bits per heavy atom. The van der Waals surface area contributed by atoms with Crippen LogP contribution in [-0.4, -0.2) is 11.0 Å². The van der Waals surface area contributed by atoms with Crippen molar-refractivity contribution in [1.82, 2.24) is 4.98 Å². The molecule has 1 aromatic rings. The van der Waals surface area contributed by atoms with Gasteiger partial charge in [0.25, 0.3) is 0 Å². The summed E-state index contributed by atoms with van der Waals surface area (Å²) in [6, 6.07) is 1.71. The van der Waals surface area contributed by atoms with E-state index in [1.165, 1.54) is 0 Å². The van der Waals surface area contributed by atoms with Crippen molar-refractivity contribution in [2.45, 2.75) is 19.4 Å². The lowest BCUT2D eigenvalue weighted by atomic mass is 10.1. The average molecular weight is 205 g/mol. The van der Waals surface area contributed by atoms with Crippen molar-refractivity contribution < 1.29 is 0 Å². The van der Waals surface area contributed by atoms with Crippen molar-refractivity contribution in [3.8, 4) is 0 Å². The van der Waals surface area contributed by atoms with Gasteiger partial charge < -0.3 is 5.73 Å². The zero-order valence-corrected chi connectivity index (χ0v) is 8.23. The highest BCUT2D eigenvalue weighted by Gasteiger charge is 2.04. The van der Waals surface area contributed by atoms with E-state index in [-0.39, 0.29) is 6.04 Å². The first-order chi connectivity index (χ1) is 5.59. The van der Waals surface area contributed by atoms with Crippen molar-refractivity contribution in [3.05, 3.63) is 28.0 Å². The van der Waals surface area contributed by atoms with E-state index in [1.807, 2.05) is 6.92 Å². The SMILES string of the molecule is C[C@H](N)Cc1cnc(Cl)cc1Cl. The van der Waals surface area contributed by atoms with Crippen LogP contribution in [0.1, 0.15) is 12.5 Å². The first-order valence-corrected chi connectivity index (χ1v) is 4.40. The molecule has 0 saturated heterocycles. The van der Waals surface area contributed by atoms with E-state index in [2.05, 4.69) is 4.98 Å². The van der Waals surface area contributed by atoms with Crippen LogP contribution in [0, 0.1) is 0 Å². The minimum Gasteiger partial charge on any atom is -0.328 e. The number of pyridine rings is 1. The van der Waals surface area contributed by atoms with Crippen molar-refractivity contribution >= 4 is 23.2 Å². The highest BCUT2D eigenvalue weighted by Crippen LogP contribution is 2.19. The standard InChI is InChI=1S/C8H10Cl2N2/c1-5(11)2-6-4-12-8(10)3-7(6)9/h3-5H,2,11H2,1H3/t5-/m0/s1. The summed E-state index contributed by atoms with van der Waals surface area (Å²) in [6.07, 6.45) is 2.39. The Balaban J connectivity index is 2.86. The average Bonchev–Trinajstić information content (AvgIpc) is 1.94. The van der Waals surface area contributed by atoms with Gasteiger partial charge in [-0.2, -0.15) is 0 Å². The Hall–Kier alpha value is -0.310. The molecule has 12 heavy (non-hydrogen) atoms. The van der Waals surface area contributed by atoms with Gasteiger partial charge in [0.2, 0.25) is 0 Å². The van der Waals surface area contributed by atoms with Crippen molar-refractivity contribution in [2.75, 3.05) is 0 Å². The molecule has 0 unspecified atom stereocenters. The number of hydrogen-bond acceptors (Lipinski definition) is 2. The molecule has 0 aliphatic carbocycles. The Morgan fingerprint density at radius 1 is 1.58 bits per heavy atom. The Kier molecular flexibility index (Phi) is 3.32. The van der Waals surface area contributed by atoms with E-state index in [4.69, 9.17) is 28.9 Å². The fourth-order valence-electron chi connectivity index (χ4n) is 0.933. The quantitative estimate of drug-likeness (QED) is 0.752. The van der Waals surface area contributed by atoms with E-state index >= 15 is 0 Å². The molecule has 0 aromatic carbocycles. The van der Waals surface area contributed by atoms with E-state index in [0.29, 0.717) is 10.2 Å². The smallest absolute Gasteiger partial charge is 0.130 e. The number of aromatic nitrogens is 1. The van der Waals surface area contributed by atoms with Crippen LogP contribution in [0.25, 0.3) is 0 Å². The summed E-state index contributed by atoms with van der Waals surface area (Å²) in [6.45, 7) is 1.92. The third-order valence-corrected chi connectivity index (χ3v) is 2.00. The van der Waals surface area contributed by atoms with E-state index < -0.39 is 0 Å². The normalized spacial score (nSPS) is 13.0. The minimum absolute atomic E-state index is 0.0884. The van der Waals surface area contributed by atoms with Gasteiger partial charge in [0, 0.05) is 17.3 Å². The fraction of sp³-hybridized carbons (Fsp3) is 0.375. The Labute approximate surface area is 81.7 Å². The topological polar surface area (TPSA) is 38.9 Å². The van der Waals surface area contributed by atoms with Crippen molar-refractivity contribution in [3.63, 3.8) is 0 Å². The maximum absolute atomic E-state index is 5.89. The van der Waals surface area contributed by atoms with Crippen LogP contribution in [0.15, 0.2) is 12.3 Å². The largest absolute Gasteiger partial charge is 0.328 e. The summed E-state index contributed by atoms with van der Waals surface area (Å²) < 4.78 is 0. The lowest BCUT2D eigenvalue weighted by Crippen LogP contribution is -2.18. The van der Waals surface area contributed by atoms with Crippen LogP contribution in [-0.2, 0) is 6.42 Å². The summed E-state index contributed by atoms with van der Waals surface area (Å²) in [5.41, 5.74) is 6.55. The monoisotopic (exact) mass is 204 g/mol.